The first-order valence-electron chi connectivity index (χ1n) is 8.49. The average molecular weight is 366 g/mol. The van der Waals surface area contributed by atoms with Gasteiger partial charge in [-0.05, 0) is 31.0 Å². The summed E-state index contributed by atoms with van der Waals surface area (Å²) < 4.78 is 0. The van der Waals surface area contributed by atoms with Crippen molar-refractivity contribution in [2.75, 3.05) is 26.2 Å². The molecule has 0 saturated carbocycles. The van der Waals surface area contributed by atoms with Gasteiger partial charge in [-0.1, -0.05) is 26.0 Å². The fourth-order valence-corrected chi connectivity index (χ4v) is 3.41. The Hall–Kier alpha value is -1.92. The van der Waals surface area contributed by atoms with Crippen LogP contribution in [0.1, 0.15) is 41.0 Å². The molecule has 1 saturated heterocycles. The number of benzene rings is 1. The molecule has 0 aliphatic carbocycles. The van der Waals surface area contributed by atoms with Gasteiger partial charge in [-0.25, -0.2) is 0 Å². The summed E-state index contributed by atoms with van der Waals surface area (Å²) in [4.78, 5) is 41.5. The van der Waals surface area contributed by atoms with Crippen LogP contribution in [-0.4, -0.2) is 59.7 Å². The molecule has 1 aromatic rings. The Morgan fingerprint density at radius 3 is 2.20 bits per heavy atom. The third kappa shape index (κ3) is 3.55. The van der Waals surface area contributed by atoms with Crippen molar-refractivity contribution in [1.82, 2.24) is 15.1 Å². The molecular formula is C18H24ClN3O3. The van der Waals surface area contributed by atoms with E-state index in [1.54, 1.807) is 29.2 Å². The average Bonchev–Trinajstić information content (AvgIpc) is 2.78. The predicted octanol–water partition coefficient (Wildman–Crippen LogP) is 1.55. The van der Waals surface area contributed by atoms with Crippen molar-refractivity contribution in [1.29, 1.82) is 0 Å². The standard InChI is InChI=1S/C18H23N3O3.ClH/c1-12(2)15(18(24)20-10-5-8-19-9-11-20)21-16(22)13-6-3-4-7-14(13)17(21)23;/h3-4,6-7,12,15,19H,5,8-11H2,1-2H3;1H. The summed E-state index contributed by atoms with van der Waals surface area (Å²) in [5, 5.41) is 3.26. The van der Waals surface area contributed by atoms with Crippen LogP contribution < -0.4 is 5.32 Å². The molecule has 1 aromatic carbocycles. The molecule has 2 aliphatic heterocycles. The molecule has 2 aliphatic rings. The largest absolute Gasteiger partial charge is 0.340 e. The van der Waals surface area contributed by atoms with Crippen molar-refractivity contribution in [3.8, 4) is 0 Å². The quantitative estimate of drug-likeness (QED) is 0.825. The Balaban J connectivity index is 0.00000225. The van der Waals surface area contributed by atoms with Gasteiger partial charge in [0, 0.05) is 19.6 Å². The Morgan fingerprint density at radius 1 is 1.04 bits per heavy atom. The highest BCUT2D eigenvalue weighted by Crippen LogP contribution is 2.28. The van der Waals surface area contributed by atoms with Gasteiger partial charge in [0.1, 0.15) is 6.04 Å². The number of nitrogens with zero attached hydrogens (tertiary/aromatic N) is 2. The van der Waals surface area contributed by atoms with E-state index < -0.39 is 6.04 Å². The smallest absolute Gasteiger partial charge is 0.262 e. The predicted molar refractivity (Wildman–Crippen MR) is 96.9 cm³/mol. The number of amides is 3. The summed E-state index contributed by atoms with van der Waals surface area (Å²) in [7, 11) is 0. The number of carbonyl (C=O) groups excluding carboxylic acids is 3. The Bertz CT molecular complexity index is 634. The minimum Gasteiger partial charge on any atom is -0.340 e. The normalized spacial score (nSPS) is 18.7. The zero-order valence-electron chi connectivity index (χ0n) is 14.5. The Morgan fingerprint density at radius 2 is 1.64 bits per heavy atom. The molecule has 1 N–H and O–H groups in total. The van der Waals surface area contributed by atoms with E-state index in [1.807, 2.05) is 13.8 Å². The number of hydrogen-bond donors (Lipinski definition) is 1. The van der Waals surface area contributed by atoms with Gasteiger partial charge in [0.2, 0.25) is 5.91 Å². The lowest BCUT2D eigenvalue weighted by atomic mass is 10.0. The molecule has 136 valence electrons. The second-order valence-electron chi connectivity index (χ2n) is 6.64. The fourth-order valence-electron chi connectivity index (χ4n) is 3.41. The molecule has 2 heterocycles. The molecule has 3 rings (SSSR count). The van der Waals surface area contributed by atoms with E-state index in [-0.39, 0.29) is 36.0 Å². The third-order valence-corrected chi connectivity index (χ3v) is 4.64. The molecular weight excluding hydrogens is 342 g/mol. The van der Waals surface area contributed by atoms with Gasteiger partial charge >= 0.3 is 0 Å². The minimum atomic E-state index is -0.754. The lowest BCUT2D eigenvalue weighted by Crippen LogP contribution is -2.54. The van der Waals surface area contributed by atoms with Crippen LogP contribution in [0.2, 0.25) is 0 Å². The van der Waals surface area contributed by atoms with Crippen LogP contribution in [0.4, 0.5) is 0 Å². The topological polar surface area (TPSA) is 69.7 Å². The molecule has 25 heavy (non-hydrogen) atoms. The molecule has 7 heteroatoms. The lowest BCUT2D eigenvalue weighted by molar-refractivity contribution is -0.136. The first-order chi connectivity index (χ1) is 11.5. The maximum Gasteiger partial charge on any atom is 0.262 e. The zero-order chi connectivity index (χ0) is 17.3. The molecule has 1 fully saturated rings. The second kappa shape index (κ2) is 7.97. The molecule has 1 unspecified atom stereocenters. The number of imide groups is 1. The monoisotopic (exact) mass is 365 g/mol. The van der Waals surface area contributed by atoms with Crippen molar-refractivity contribution in [3.63, 3.8) is 0 Å². The van der Waals surface area contributed by atoms with Crippen molar-refractivity contribution < 1.29 is 14.4 Å². The van der Waals surface area contributed by atoms with Crippen LogP contribution >= 0.6 is 12.4 Å². The maximum absolute atomic E-state index is 13.1. The van der Waals surface area contributed by atoms with Crippen LogP contribution in [0.5, 0.6) is 0 Å². The number of fused-ring (bicyclic) bond motifs is 1. The third-order valence-electron chi connectivity index (χ3n) is 4.64. The molecule has 6 nitrogen and oxygen atoms in total. The number of rotatable bonds is 3. The highest BCUT2D eigenvalue weighted by molar-refractivity contribution is 6.22. The van der Waals surface area contributed by atoms with Crippen molar-refractivity contribution >= 4 is 30.1 Å². The van der Waals surface area contributed by atoms with E-state index in [1.165, 1.54) is 0 Å². The number of nitrogens with one attached hydrogen (secondary N) is 1. The second-order valence-corrected chi connectivity index (χ2v) is 6.64. The molecule has 0 aromatic heterocycles. The Kier molecular flexibility index (Phi) is 6.19. The van der Waals surface area contributed by atoms with Gasteiger partial charge in [0.15, 0.2) is 0 Å². The zero-order valence-corrected chi connectivity index (χ0v) is 15.3. The molecule has 0 radical (unpaired) electrons. The highest BCUT2D eigenvalue weighted by atomic mass is 35.5. The number of hydrogen-bond acceptors (Lipinski definition) is 4. The van der Waals surface area contributed by atoms with E-state index in [9.17, 15) is 14.4 Å². The van der Waals surface area contributed by atoms with Crippen LogP contribution in [0.25, 0.3) is 0 Å². The molecule has 3 amide bonds. The highest BCUT2D eigenvalue weighted by Gasteiger charge is 2.45. The van der Waals surface area contributed by atoms with E-state index in [2.05, 4.69) is 5.32 Å². The summed E-state index contributed by atoms with van der Waals surface area (Å²) in [6.07, 6.45) is 0.874. The van der Waals surface area contributed by atoms with E-state index in [0.29, 0.717) is 24.2 Å². The van der Waals surface area contributed by atoms with Crippen molar-refractivity contribution in [3.05, 3.63) is 35.4 Å². The summed E-state index contributed by atoms with van der Waals surface area (Å²) in [5.74, 6) is -1.01. The first-order valence-corrected chi connectivity index (χ1v) is 8.49. The summed E-state index contributed by atoms with van der Waals surface area (Å²) in [6, 6.07) is 6.01. The minimum absolute atomic E-state index is 0. The maximum atomic E-state index is 13.1. The Labute approximate surface area is 154 Å². The van der Waals surface area contributed by atoms with Crippen LogP contribution in [0, 0.1) is 5.92 Å². The van der Waals surface area contributed by atoms with Gasteiger partial charge in [-0.2, -0.15) is 0 Å². The van der Waals surface area contributed by atoms with Crippen molar-refractivity contribution in [2.24, 2.45) is 5.92 Å². The van der Waals surface area contributed by atoms with Gasteiger partial charge in [0.25, 0.3) is 11.8 Å². The van der Waals surface area contributed by atoms with Crippen LogP contribution in [0.3, 0.4) is 0 Å². The van der Waals surface area contributed by atoms with E-state index in [4.69, 9.17) is 0 Å². The molecule has 0 bridgehead atoms. The fraction of sp³-hybridized carbons (Fsp3) is 0.500. The summed E-state index contributed by atoms with van der Waals surface area (Å²) >= 11 is 0. The van der Waals surface area contributed by atoms with Crippen molar-refractivity contribution in [2.45, 2.75) is 26.3 Å². The summed E-state index contributed by atoms with van der Waals surface area (Å²) in [5.41, 5.74) is 0.775. The number of halogens is 1. The van der Waals surface area contributed by atoms with Gasteiger partial charge in [0.05, 0.1) is 11.1 Å². The van der Waals surface area contributed by atoms with E-state index >= 15 is 0 Å². The first kappa shape index (κ1) is 19.4. The lowest BCUT2D eigenvalue weighted by Gasteiger charge is -2.33. The van der Waals surface area contributed by atoms with Gasteiger partial charge in [-0.3, -0.25) is 19.3 Å². The number of carbonyl (C=O) groups is 3. The summed E-state index contributed by atoms with van der Waals surface area (Å²) in [6.45, 7) is 6.62. The SMILES string of the molecule is CC(C)C(C(=O)N1CCCNCC1)N1C(=O)c2ccccc2C1=O.Cl. The van der Waals surface area contributed by atoms with E-state index in [0.717, 1.165) is 24.4 Å². The molecule has 1 atom stereocenters. The molecule has 0 spiro atoms. The van der Waals surface area contributed by atoms with Gasteiger partial charge in [-0.15, -0.1) is 12.4 Å². The van der Waals surface area contributed by atoms with Crippen LogP contribution in [0.15, 0.2) is 24.3 Å². The van der Waals surface area contributed by atoms with Crippen LogP contribution in [-0.2, 0) is 4.79 Å². The van der Waals surface area contributed by atoms with Gasteiger partial charge < -0.3 is 10.2 Å².